The number of carbonyl (C=O) groups excluding carboxylic acids is 3. The van der Waals surface area contributed by atoms with E-state index < -0.39 is 29.3 Å². The zero-order chi connectivity index (χ0) is 18.2. The summed E-state index contributed by atoms with van der Waals surface area (Å²) in [5, 5.41) is 23.7. The molecule has 0 saturated carbocycles. The van der Waals surface area contributed by atoms with Gasteiger partial charge in [-0.25, -0.2) is 5.48 Å². The molecule has 0 aliphatic heterocycles. The molecule has 0 spiro atoms. The molecule has 8 nitrogen and oxygen atoms in total. The van der Waals surface area contributed by atoms with Crippen LogP contribution in [-0.4, -0.2) is 47.7 Å². The Balaban J connectivity index is 4.84. The molecule has 2 atom stereocenters. The summed E-state index contributed by atoms with van der Waals surface area (Å²) < 4.78 is 0. The lowest BCUT2D eigenvalue weighted by atomic mass is 9.87. The van der Waals surface area contributed by atoms with Crippen molar-refractivity contribution in [2.45, 2.75) is 46.6 Å². The Labute approximate surface area is 137 Å². The second-order valence-corrected chi connectivity index (χ2v) is 6.89. The summed E-state index contributed by atoms with van der Waals surface area (Å²) in [5.41, 5.74) is 0.888. The Morgan fingerprint density at radius 1 is 1.13 bits per heavy atom. The average molecular weight is 331 g/mol. The van der Waals surface area contributed by atoms with Crippen LogP contribution in [0.2, 0.25) is 0 Å². The molecule has 3 amide bonds. The van der Waals surface area contributed by atoms with Gasteiger partial charge in [0.25, 0.3) is 5.91 Å². The molecule has 0 fully saturated rings. The summed E-state index contributed by atoms with van der Waals surface area (Å²) in [6.07, 6.45) is -1.11. The van der Waals surface area contributed by atoms with Gasteiger partial charge < -0.3 is 15.7 Å². The van der Waals surface area contributed by atoms with E-state index >= 15 is 0 Å². The van der Waals surface area contributed by atoms with Crippen LogP contribution in [0.15, 0.2) is 0 Å². The molecule has 0 radical (unpaired) electrons. The van der Waals surface area contributed by atoms with Gasteiger partial charge >= 0.3 is 0 Å². The van der Waals surface area contributed by atoms with E-state index in [0.717, 1.165) is 0 Å². The third-order valence-electron chi connectivity index (χ3n) is 3.48. The van der Waals surface area contributed by atoms with Crippen molar-refractivity contribution in [3.63, 3.8) is 0 Å². The van der Waals surface area contributed by atoms with Crippen molar-refractivity contribution < 1.29 is 24.7 Å². The number of aliphatic hydroxyl groups is 1. The van der Waals surface area contributed by atoms with Gasteiger partial charge in [-0.1, -0.05) is 27.7 Å². The highest BCUT2D eigenvalue weighted by atomic mass is 16.5. The number of rotatable bonds is 9. The summed E-state index contributed by atoms with van der Waals surface area (Å²) in [6.45, 7) is 7.60. The fraction of sp³-hybridized carbons (Fsp3) is 0.800. The third-order valence-corrected chi connectivity index (χ3v) is 3.48. The lowest BCUT2D eigenvalue weighted by Crippen LogP contribution is -2.47. The largest absolute Gasteiger partial charge is 0.382 e. The normalized spacial score (nSPS) is 14.1. The molecule has 0 aromatic heterocycles. The number of amides is 3. The van der Waals surface area contributed by atoms with Crippen molar-refractivity contribution in [2.75, 3.05) is 13.6 Å². The smallest absolute Gasteiger partial charge is 0.272 e. The Bertz CT molecular complexity index is 423. The van der Waals surface area contributed by atoms with Crippen molar-refractivity contribution >= 4 is 17.7 Å². The molecular formula is C15H29N3O5. The van der Waals surface area contributed by atoms with Crippen molar-refractivity contribution in [1.29, 1.82) is 0 Å². The summed E-state index contributed by atoms with van der Waals surface area (Å²) in [7, 11) is 1.54. The Morgan fingerprint density at radius 3 is 2.13 bits per heavy atom. The van der Waals surface area contributed by atoms with Gasteiger partial charge in [-0.2, -0.15) is 0 Å². The van der Waals surface area contributed by atoms with Gasteiger partial charge in [0, 0.05) is 20.0 Å². The zero-order valence-corrected chi connectivity index (χ0v) is 14.5. The lowest BCUT2D eigenvalue weighted by molar-refractivity contribution is -0.146. The van der Waals surface area contributed by atoms with Gasteiger partial charge in [0.1, 0.15) is 6.10 Å². The predicted molar refractivity (Wildman–Crippen MR) is 84.4 cm³/mol. The summed E-state index contributed by atoms with van der Waals surface area (Å²) in [4.78, 5) is 35.1. The SMILES string of the molecule is CNC(=O)CC(C)(C)CNC(=O)C(CC(C)C)C(O)C(=O)NO. The minimum Gasteiger partial charge on any atom is -0.382 e. The first kappa shape index (κ1) is 21.3. The molecule has 0 rings (SSSR count). The quantitative estimate of drug-likeness (QED) is 0.295. The van der Waals surface area contributed by atoms with Gasteiger partial charge in [0.2, 0.25) is 11.8 Å². The van der Waals surface area contributed by atoms with Crippen LogP contribution < -0.4 is 16.1 Å². The number of hydroxylamine groups is 1. The van der Waals surface area contributed by atoms with Crippen molar-refractivity contribution in [1.82, 2.24) is 16.1 Å². The lowest BCUT2D eigenvalue weighted by Gasteiger charge is -2.27. The second kappa shape index (κ2) is 9.46. The maximum Gasteiger partial charge on any atom is 0.272 e. The van der Waals surface area contributed by atoms with E-state index in [9.17, 15) is 19.5 Å². The van der Waals surface area contributed by atoms with Gasteiger partial charge in [-0.15, -0.1) is 0 Å². The Hall–Kier alpha value is -1.67. The van der Waals surface area contributed by atoms with E-state index in [0.29, 0.717) is 0 Å². The van der Waals surface area contributed by atoms with Crippen LogP contribution in [-0.2, 0) is 14.4 Å². The van der Waals surface area contributed by atoms with Gasteiger partial charge in [-0.05, 0) is 17.8 Å². The Kier molecular flexibility index (Phi) is 8.78. The molecule has 5 N–H and O–H groups in total. The molecular weight excluding hydrogens is 302 g/mol. The number of hydrogen-bond donors (Lipinski definition) is 5. The maximum atomic E-state index is 12.3. The first-order chi connectivity index (χ1) is 10.5. The van der Waals surface area contributed by atoms with Crippen LogP contribution in [0.3, 0.4) is 0 Å². The van der Waals surface area contributed by atoms with E-state index in [1.807, 2.05) is 27.7 Å². The number of aliphatic hydroxyl groups excluding tert-OH is 1. The summed E-state index contributed by atoms with van der Waals surface area (Å²) >= 11 is 0. The van der Waals surface area contributed by atoms with E-state index in [4.69, 9.17) is 5.21 Å². The van der Waals surface area contributed by atoms with Crippen LogP contribution in [0.25, 0.3) is 0 Å². The molecule has 23 heavy (non-hydrogen) atoms. The topological polar surface area (TPSA) is 128 Å². The van der Waals surface area contributed by atoms with Gasteiger partial charge in [0.05, 0.1) is 5.92 Å². The summed E-state index contributed by atoms with van der Waals surface area (Å²) in [5.74, 6) is -2.54. The second-order valence-electron chi connectivity index (χ2n) is 6.89. The van der Waals surface area contributed by atoms with Crippen LogP contribution in [0.5, 0.6) is 0 Å². The minimum absolute atomic E-state index is 0.0748. The highest BCUT2D eigenvalue weighted by molar-refractivity contribution is 5.88. The molecule has 0 aliphatic rings. The van der Waals surface area contributed by atoms with E-state index in [2.05, 4.69) is 10.6 Å². The number of carbonyl (C=O) groups is 3. The van der Waals surface area contributed by atoms with Crippen LogP contribution >= 0.6 is 0 Å². The molecule has 0 aromatic carbocycles. The molecule has 0 bridgehead atoms. The van der Waals surface area contributed by atoms with Crippen molar-refractivity contribution in [3.8, 4) is 0 Å². The zero-order valence-electron chi connectivity index (χ0n) is 14.5. The molecule has 2 unspecified atom stereocenters. The van der Waals surface area contributed by atoms with Crippen LogP contribution in [0.4, 0.5) is 0 Å². The maximum absolute atomic E-state index is 12.3. The first-order valence-corrected chi connectivity index (χ1v) is 7.64. The predicted octanol–water partition coefficient (Wildman–Crippen LogP) is -0.206. The van der Waals surface area contributed by atoms with Crippen LogP contribution in [0.1, 0.15) is 40.5 Å². The van der Waals surface area contributed by atoms with Crippen LogP contribution in [0, 0.1) is 17.3 Å². The standard InChI is InChI=1S/C15H29N3O5/c1-9(2)6-10(12(20)14(22)18-23)13(21)17-8-15(3,4)7-11(19)16-5/h9-10,12,20,23H,6-8H2,1-5H3,(H,16,19)(H,17,21)(H,18,22). The molecule has 0 aromatic rings. The molecule has 8 heteroatoms. The fourth-order valence-corrected chi connectivity index (χ4v) is 2.18. The highest BCUT2D eigenvalue weighted by Crippen LogP contribution is 2.21. The fourth-order valence-electron chi connectivity index (χ4n) is 2.18. The summed E-state index contributed by atoms with van der Waals surface area (Å²) in [6, 6.07) is 0. The van der Waals surface area contributed by atoms with Gasteiger partial charge in [0.15, 0.2) is 0 Å². The molecule has 0 heterocycles. The van der Waals surface area contributed by atoms with E-state index in [1.54, 1.807) is 7.05 Å². The van der Waals surface area contributed by atoms with Crippen molar-refractivity contribution in [2.24, 2.45) is 17.3 Å². The Morgan fingerprint density at radius 2 is 1.70 bits per heavy atom. The molecule has 134 valence electrons. The van der Waals surface area contributed by atoms with E-state index in [1.165, 1.54) is 5.48 Å². The first-order valence-electron chi connectivity index (χ1n) is 7.64. The third kappa shape index (κ3) is 7.94. The highest BCUT2D eigenvalue weighted by Gasteiger charge is 2.33. The molecule has 0 aliphatic carbocycles. The van der Waals surface area contributed by atoms with Crippen molar-refractivity contribution in [3.05, 3.63) is 0 Å². The molecule has 0 saturated heterocycles. The monoisotopic (exact) mass is 331 g/mol. The number of hydrogen-bond acceptors (Lipinski definition) is 5. The number of nitrogens with one attached hydrogen (secondary N) is 3. The average Bonchev–Trinajstić information content (AvgIpc) is 2.48. The van der Waals surface area contributed by atoms with Gasteiger partial charge in [-0.3, -0.25) is 19.6 Å². The van der Waals surface area contributed by atoms with E-state index in [-0.39, 0.29) is 31.2 Å². The minimum atomic E-state index is -1.63.